The Balaban J connectivity index is 2.63. The Morgan fingerprint density at radius 3 is 2.29 bits per heavy atom. The lowest BCUT2D eigenvalue weighted by molar-refractivity contribution is -0.145. The maximum atomic E-state index is 12.3. The van der Waals surface area contributed by atoms with E-state index in [9.17, 15) is 18.6 Å². The van der Waals surface area contributed by atoms with E-state index in [1.165, 1.54) is 0 Å². The van der Waals surface area contributed by atoms with Crippen LogP contribution in [0.2, 0.25) is 0 Å². The molecule has 0 saturated heterocycles. The van der Waals surface area contributed by atoms with Crippen LogP contribution in [0.1, 0.15) is 46.1 Å². The Labute approximate surface area is 168 Å². The monoisotopic (exact) mass is 411 g/mol. The first-order valence-electron chi connectivity index (χ1n) is 9.14. The number of benzene rings is 1. The first kappa shape index (κ1) is 23.8. The molecule has 0 aromatic heterocycles. The molecule has 1 amide bonds. The summed E-state index contributed by atoms with van der Waals surface area (Å²) >= 11 is 0. The molecule has 0 aliphatic carbocycles. The predicted octanol–water partition coefficient (Wildman–Crippen LogP) is 2.91. The van der Waals surface area contributed by atoms with Gasteiger partial charge in [0.05, 0.1) is 23.2 Å². The number of hydrogen-bond acceptors (Lipinski definition) is 6. The Bertz CT molecular complexity index is 708. The van der Waals surface area contributed by atoms with Crippen LogP contribution < -0.4 is 5.32 Å². The third kappa shape index (κ3) is 9.12. The van der Waals surface area contributed by atoms with Crippen molar-refractivity contribution in [2.75, 3.05) is 12.4 Å². The van der Waals surface area contributed by atoms with Crippen molar-refractivity contribution < 1.29 is 28.1 Å². The number of ether oxygens (including phenoxy) is 2. The summed E-state index contributed by atoms with van der Waals surface area (Å²) in [7, 11) is -1.45. The van der Waals surface area contributed by atoms with E-state index < -0.39 is 34.5 Å². The number of alkyl carbamates (subject to hydrolysis) is 1. The minimum Gasteiger partial charge on any atom is -0.464 e. The fourth-order valence-electron chi connectivity index (χ4n) is 2.24. The van der Waals surface area contributed by atoms with Gasteiger partial charge in [-0.2, -0.15) is 0 Å². The molecule has 1 aromatic rings. The highest BCUT2D eigenvalue weighted by molar-refractivity contribution is 7.85. The Kier molecular flexibility index (Phi) is 9.31. The molecule has 0 heterocycles. The van der Waals surface area contributed by atoms with Crippen LogP contribution in [0.4, 0.5) is 4.79 Å². The van der Waals surface area contributed by atoms with Gasteiger partial charge in [0.1, 0.15) is 17.4 Å². The van der Waals surface area contributed by atoms with Crippen LogP contribution in [0, 0.1) is 6.92 Å². The number of nitrogens with one attached hydrogen (secondary N) is 1. The van der Waals surface area contributed by atoms with Crippen molar-refractivity contribution in [3.05, 3.63) is 29.8 Å². The van der Waals surface area contributed by atoms with Gasteiger partial charge in [0.15, 0.2) is 0 Å². The van der Waals surface area contributed by atoms with Crippen molar-refractivity contribution in [2.45, 2.75) is 64.0 Å². The highest BCUT2D eigenvalue weighted by atomic mass is 32.2. The fraction of sp³-hybridized carbons (Fsp3) is 0.550. The second kappa shape index (κ2) is 10.9. The van der Waals surface area contributed by atoms with Crippen molar-refractivity contribution in [2.24, 2.45) is 0 Å². The molecule has 156 valence electrons. The van der Waals surface area contributed by atoms with Crippen molar-refractivity contribution >= 4 is 28.6 Å². The summed E-state index contributed by atoms with van der Waals surface area (Å²) in [5.74, 6) is -1.05. The van der Waals surface area contributed by atoms with E-state index in [-0.39, 0.29) is 31.0 Å². The van der Waals surface area contributed by atoms with Gasteiger partial charge in [0.25, 0.3) is 0 Å². The highest BCUT2D eigenvalue weighted by Crippen LogP contribution is 2.11. The number of hydrogen-bond donors (Lipinski definition) is 1. The van der Waals surface area contributed by atoms with E-state index in [2.05, 4.69) is 5.32 Å². The molecule has 7 nitrogen and oxygen atoms in total. The topological polar surface area (TPSA) is 98.8 Å². The molecule has 1 unspecified atom stereocenters. The molecule has 0 saturated carbocycles. The first-order chi connectivity index (χ1) is 13.0. The molecule has 0 radical (unpaired) electrons. The molecule has 0 bridgehead atoms. The van der Waals surface area contributed by atoms with Gasteiger partial charge < -0.3 is 14.8 Å². The molecule has 0 aliphatic heterocycles. The van der Waals surface area contributed by atoms with E-state index in [0.717, 1.165) is 5.56 Å². The number of esters is 1. The van der Waals surface area contributed by atoms with Gasteiger partial charge >= 0.3 is 12.1 Å². The lowest BCUT2D eigenvalue weighted by Gasteiger charge is -2.22. The number of Topliss-reactive ketones (excluding diaryl/α,β-unsaturated/α-hetero) is 1. The smallest absolute Gasteiger partial charge is 0.408 e. The summed E-state index contributed by atoms with van der Waals surface area (Å²) < 4.78 is 22.4. The molecule has 1 N–H and O–H groups in total. The third-order valence-corrected chi connectivity index (χ3v) is 4.93. The maximum Gasteiger partial charge on any atom is 0.408 e. The van der Waals surface area contributed by atoms with E-state index in [1.807, 2.05) is 19.1 Å². The van der Waals surface area contributed by atoms with Crippen LogP contribution in [0.25, 0.3) is 0 Å². The Morgan fingerprint density at radius 1 is 1.14 bits per heavy atom. The molecular weight excluding hydrogens is 382 g/mol. The van der Waals surface area contributed by atoms with Gasteiger partial charge in [-0.05, 0) is 53.2 Å². The predicted molar refractivity (Wildman–Crippen MR) is 106 cm³/mol. The first-order valence-corrected chi connectivity index (χ1v) is 10.5. The SMILES string of the molecule is CCOC(=O)[C@H](CCC(=O)CS(=O)c1ccc(C)cc1)NC(=O)OC(C)(C)C. The van der Waals surface area contributed by atoms with E-state index in [1.54, 1.807) is 39.8 Å². The Morgan fingerprint density at radius 2 is 1.75 bits per heavy atom. The summed E-state index contributed by atoms with van der Waals surface area (Å²) in [6.07, 6.45) is -0.736. The molecule has 0 fully saturated rings. The summed E-state index contributed by atoms with van der Waals surface area (Å²) in [5.41, 5.74) is 0.321. The number of aryl methyl sites for hydroxylation is 1. The van der Waals surface area contributed by atoms with Crippen molar-refractivity contribution in [3.8, 4) is 0 Å². The van der Waals surface area contributed by atoms with Crippen LogP contribution in [0.3, 0.4) is 0 Å². The standard InChI is InChI=1S/C20H29NO6S/c1-6-26-18(23)17(21-19(24)27-20(3,4)5)12-9-15(22)13-28(25)16-10-7-14(2)8-11-16/h7-8,10-11,17H,6,9,12-13H2,1-5H3,(H,21,24)/t17-,28?/m0/s1. The van der Waals surface area contributed by atoms with Crippen molar-refractivity contribution in [3.63, 3.8) is 0 Å². The van der Waals surface area contributed by atoms with Gasteiger partial charge in [0.2, 0.25) is 0 Å². The summed E-state index contributed by atoms with van der Waals surface area (Å²) in [5, 5.41) is 2.44. The molecule has 8 heteroatoms. The number of rotatable bonds is 9. The van der Waals surface area contributed by atoms with Crippen LogP contribution >= 0.6 is 0 Å². The highest BCUT2D eigenvalue weighted by Gasteiger charge is 2.26. The van der Waals surface area contributed by atoms with E-state index in [0.29, 0.717) is 4.90 Å². The normalized spacial score (nSPS) is 13.3. The summed E-state index contributed by atoms with van der Waals surface area (Å²) in [6, 6.07) is 6.11. The van der Waals surface area contributed by atoms with E-state index >= 15 is 0 Å². The van der Waals surface area contributed by atoms with Crippen molar-refractivity contribution in [1.29, 1.82) is 0 Å². The molecule has 28 heavy (non-hydrogen) atoms. The summed E-state index contributed by atoms with van der Waals surface area (Å²) in [6.45, 7) is 8.83. The van der Waals surface area contributed by atoms with Gasteiger partial charge in [0, 0.05) is 11.3 Å². The average molecular weight is 412 g/mol. The van der Waals surface area contributed by atoms with Crippen LogP contribution in [-0.4, -0.2) is 46.1 Å². The van der Waals surface area contributed by atoms with Gasteiger partial charge in [-0.1, -0.05) is 17.7 Å². The van der Waals surface area contributed by atoms with Gasteiger partial charge in [-0.25, -0.2) is 9.59 Å². The number of ketones is 1. The average Bonchev–Trinajstić information content (AvgIpc) is 2.57. The molecule has 0 aliphatic rings. The van der Waals surface area contributed by atoms with Gasteiger partial charge in [-0.15, -0.1) is 0 Å². The molecular formula is C20H29NO6S. The zero-order valence-electron chi connectivity index (χ0n) is 17.1. The minimum absolute atomic E-state index is 0.0170. The third-order valence-electron chi connectivity index (χ3n) is 3.55. The zero-order valence-corrected chi connectivity index (χ0v) is 17.9. The van der Waals surface area contributed by atoms with Crippen molar-refractivity contribution in [1.82, 2.24) is 5.32 Å². The number of carbonyl (C=O) groups is 3. The fourth-order valence-corrected chi connectivity index (χ4v) is 3.28. The number of amides is 1. The quantitative estimate of drug-likeness (QED) is 0.627. The molecule has 0 spiro atoms. The van der Waals surface area contributed by atoms with Gasteiger partial charge in [-0.3, -0.25) is 9.00 Å². The maximum absolute atomic E-state index is 12.3. The lowest BCUT2D eigenvalue weighted by Crippen LogP contribution is -2.44. The Hall–Kier alpha value is -2.22. The molecule has 1 aromatic carbocycles. The lowest BCUT2D eigenvalue weighted by atomic mass is 10.1. The second-order valence-corrected chi connectivity index (χ2v) is 8.78. The molecule has 1 rings (SSSR count). The molecule has 2 atom stereocenters. The van der Waals surface area contributed by atoms with Crippen LogP contribution in [-0.2, 0) is 29.9 Å². The van der Waals surface area contributed by atoms with Crippen LogP contribution in [0.15, 0.2) is 29.2 Å². The zero-order chi connectivity index (χ0) is 21.3. The minimum atomic E-state index is -1.45. The number of carbonyl (C=O) groups excluding carboxylic acids is 3. The second-order valence-electron chi connectivity index (χ2n) is 7.33. The summed E-state index contributed by atoms with van der Waals surface area (Å²) in [4.78, 5) is 36.8. The van der Waals surface area contributed by atoms with E-state index in [4.69, 9.17) is 9.47 Å². The largest absolute Gasteiger partial charge is 0.464 e. The van der Waals surface area contributed by atoms with Crippen LogP contribution in [0.5, 0.6) is 0 Å².